The summed E-state index contributed by atoms with van der Waals surface area (Å²) in [6.45, 7) is 0. The van der Waals surface area contributed by atoms with Gasteiger partial charge in [-0.15, -0.1) is 0 Å². The number of furan rings is 1. The van der Waals surface area contributed by atoms with Crippen molar-refractivity contribution >= 4 is 54.5 Å². The normalized spacial score (nSPS) is 11.8. The van der Waals surface area contributed by atoms with Crippen LogP contribution in [0.15, 0.2) is 162 Å². The van der Waals surface area contributed by atoms with Gasteiger partial charge in [-0.2, -0.15) is 0 Å². The van der Waals surface area contributed by atoms with Crippen LogP contribution in [0.3, 0.4) is 0 Å². The van der Waals surface area contributed by atoms with Crippen LogP contribution in [0.5, 0.6) is 0 Å². The standard InChI is InChI=1S/C43H26N4O/c1-2-12-31-30(11-1)40-32-13-3-5-17-38(32)47(42(40)43-41(31)33-14-4-6-18-39(33)48-43)29-21-19-27(20-22-29)28-25-36(34-15-7-9-23-44-34)46-37(26-28)35-16-8-10-24-45-35/h1-26H. The van der Waals surface area contributed by atoms with Crippen LogP contribution in [0.1, 0.15) is 0 Å². The number of para-hydroxylation sites is 2. The molecule has 0 amide bonds. The second-order valence-corrected chi connectivity index (χ2v) is 12.0. The molecule has 0 aliphatic rings. The molecular formula is C43H26N4O. The average molecular weight is 615 g/mol. The van der Waals surface area contributed by atoms with Crippen molar-refractivity contribution in [3.8, 4) is 39.6 Å². The average Bonchev–Trinajstić information content (AvgIpc) is 3.73. The van der Waals surface area contributed by atoms with E-state index in [-0.39, 0.29) is 0 Å². The number of aromatic nitrogens is 4. The molecule has 0 atom stereocenters. The second kappa shape index (κ2) is 10.5. The predicted octanol–water partition coefficient (Wildman–Crippen LogP) is 11.0. The number of hydrogen-bond donors (Lipinski definition) is 0. The van der Waals surface area contributed by atoms with Crippen LogP contribution in [-0.4, -0.2) is 19.5 Å². The van der Waals surface area contributed by atoms with Gasteiger partial charge in [0.25, 0.3) is 0 Å². The summed E-state index contributed by atoms with van der Waals surface area (Å²) in [4.78, 5) is 14.1. The van der Waals surface area contributed by atoms with E-state index in [1.807, 2.05) is 42.5 Å². The molecule has 5 aromatic carbocycles. The molecule has 5 nitrogen and oxygen atoms in total. The maximum atomic E-state index is 6.73. The van der Waals surface area contributed by atoms with Crippen LogP contribution in [0.25, 0.3) is 94.1 Å². The molecular weight excluding hydrogens is 589 g/mol. The SMILES string of the molecule is c1ccc(-c2cc(-c3ccc(-n4c5ccccc5c5c6ccccc6c6c7ccccc7oc6c54)cc3)cc(-c3ccccn3)n2)nc1. The Balaban J connectivity index is 1.21. The van der Waals surface area contributed by atoms with E-state index < -0.39 is 0 Å². The smallest absolute Gasteiger partial charge is 0.160 e. The van der Waals surface area contributed by atoms with E-state index in [4.69, 9.17) is 9.40 Å². The van der Waals surface area contributed by atoms with Crippen molar-refractivity contribution < 1.29 is 4.42 Å². The highest BCUT2D eigenvalue weighted by atomic mass is 16.3. The number of hydrogen-bond acceptors (Lipinski definition) is 4. The molecule has 5 heterocycles. The highest BCUT2D eigenvalue weighted by Gasteiger charge is 2.22. The number of rotatable bonds is 4. The van der Waals surface area contributed by atoms with E-state index in [1.54, 1.807) is 12.4 Å². The van der Waals surface area contributed by atoms with Gasteiger partial charge in [0.15, 0.2) is 5.58 Å². The molecule has 0 unspecified atom stereocenters. The van der Waals surface area contributed by atoms with E-state index in [0.717, 1.165) is 72.6 Å². The molecule has 10 rings (SSSR count). The van der Waals surface area contributed by atoms with E-state index in [2.05, 4.69) is 118 Å². The first-order chi connectivity index (χ1) is 23.8. The monoisotopic (exact) mass is 614 g/mol. The van der Waals surface area contributed by atoms with Gasteiger partial charge < -0.3 is 8.98 Å². The Bertz CT molecular complexity index is 2760. The minimum Gasteiger partial charge on any atom is -0.454 e. The third kappa shape index (κ3) is 4.01. The summed E-state index contributed by atoms with van der Waals surface area (Å²) in [7, 11) is 0. The molecule has 0 aliphatic heterocycles. The Morgan fingerprint density at radius 2 is 1.04 bits per heavy atom. The van der Waals surface area contributed by atoms with Crippen LogP contribution >= 0.6 is 0 Å². The van der Waals surface area contributed by atoms with Crippen molar-refractivity contribution in [3.05, 3.63) is 158 Å². The predicted molar refractivity (Wildman–Crippen MR) is 195 cm³/mol. The minimum atomic E-state index is 0.805. The van der Waals surface area contributed by atoms with Gasteiger partial charge in [-0.3, -0.25) is 9.97 Å². The molecule has 0 fully saturated rings. The number of nitrogens with zero attached hydrogens (tertiary/aromatic N) is 4. The molecule has 0 saturated carbocycles. The molecule has 48 heavy (non-hydrogen) atoms. The summed E-state index contributed by atoms with van der Waals surface area (Å²) in [5.74, 6) is 0. The zero-order chi connectivity index (χ0) is 31.6. The Kier molecular flexibility index (Phi) is 5.81. The topological polar surface area (TPSA) is 56.7 Å². The zero-order valence-corrected chi connectivity index (χ0v) is 25.7. The molecule has 0 bridgehead atoms. The van der Waals surface area contributed by atoms with Crippen LogP contribution in [0.4, 0.5) is 0 Å². The lowest BCUT2D eigenvalue weighted by molar-refractivity contribution is 0.671. The molecule has 5 aromatic heterocycles. The maximum absolute atomic E-state index is 6.73. The number of benzene rings is 5. The molecule has 0 aliphatic carbocycles. The van der Waals surface area contributed by atoms with Gasteiger partial charge in [0, 0.05) is 39.6 Å². The van der Waals surface area contributed by atoms with Crippen LogP contribution in [0.2, 0.25) is 0 Å². The molecule has 5 heteroatoms. The Morgan fingerprint density at radius 1 is 0.458 bits per heavy atom. The largest absolute Gasteiger partial charge is 0.454 e. The summed E-state index contributed by atoms with van der Waals surface area (Å²) in [6.07, 6.45) is 3.60. The van der Waals surface area contributed by atoms with Crippen molar-refractivity contribution in [1.82, 2.24) is 19.5 Å². The maximum Gasteiger partial charge on any atom is 0.160 e. The quantitative estimate of drug-likeness (QED) is 0.198. The fourth-order valence-electron chi connectivity index (χ4n) is 7.19. The molecule has 0 saturated heterocycles. The molecule has 0 spiro atoms. The molecule has 0 radical (unpaired) electrons. The van der Waals surface area contributed by atoms with Crippen molar-refractivity contribution in [1.29, 1.82) is 0 Å². The minimum absolute atomic E-state index is 0.805. The lowest BCUT2D eigenvalue weighted by atomic mass is 9.99. The van der Waals surface area contributed by atoms with Gasteiger partial charge in [0.2, 0.25) is 0 Å². The highest BCUT2D eigenvalue weighted by Crippen LogP contribution is 2.45. The number of pyridine rings is 3. The third-order valence-corrected chi connectivity index (χ3v) is 9.29. The van der Waals surface area contributed by atoms with Crippen LogP contribution in [-0.2, 0) is 0 Å². The first-order valence-electron chi connectivity index (χ1n) is 16.0. The van der Waals surface area contributed by atoms with Gasteiger partial charge in [-0.05, 0) is 82.6 Å². The van der Waals surface area contributed by atoms with E-state index >= 15 is 0 Å². The van der Waals surface area contributed by atoms with E-state index in [1.165, 1.54) is 21.5 Å². The molecule has 10 aromatic rings. The Labute approximate surface area is 275 Å². The van der Waals surface area contributed by atoms with Crippen LogP contribution < -0.4 is 0 Å². The second-order valence-electron chi connectivity index (χ2n) is 12.0. The van der Waals surface area contributed by atoms with Gasteiger partial charge in [0.1, 0.15) is 5.58 Å². The first kappa shape index (κ1) is 26.6. The van der Waals surface area contributed by atoms with Gasteiger partial charge in [-0.25, -0.2) is 4.98 Å². The summed E-state index contributed by atoms with van der Waals surface area (Å²) in [5.41, 5.74) is 10.4. The van der Waals surface area contributed by atoms with Gasteiger partial charge in [-0.1, -0.05) is 84.9 Å². The van der Waals surface area contributed by atoms with E-state index in [9.17, 15) is 0 Å². The van der Waals surface area contributed by atoms with Crippen molar-refractivity contribution in [2.24, 2.45) is 0 Å². The zero-order valence-electron chi connectivity index (χ0n) is 25.7. The first-order valence-corrected chi connectivity index (χ1v) is 16.0. The summed E-state index contributed by atoms with van der Waals surface area (Å²) in [5, 5.41) is 7.10. The molecule has 0 N–H and O–H groups in total. The van der Waals surface area contributed by atoms with Crippen molar-refractivity contribution in [2.45, 2.75) is 0 Å². The highest BCUT2D eigenvalue weighted by molar-refractivity contribution is 6.35. The summed E-state index contributed by atoms with van der Waals surface area (Å²) >= 11 is 0. The lowest BCUT2D eigenvalue weighted by Crippen LogP contribution is -1.96. The van der Waals surface area contributed by atoms with Gasteiger partial charge in [0.05, 0.1) is 33.8 Å². The van der Waals surface area contributed by atoms with Gasteiger partial charge >= 0.3 is 0 Å². The summed E-state index contributed by atoms with van der Waals surface area (Å²) in [6, 6.07) is 50.5. The van der Waals surface area contributed by atoms with Crippen molar-refractivity contribution in [3.63, 3.8) is 0 Å². The van der Waals surface area contributed by atoms with Crippen molar-refractivity contribution in [2.75, 3.05) is 0 Å². The molecule has 224 valence electrons. The van der Waals surface area contributed by atoms with E-state index in [0.29, 0.717) is 0 Å². The van der Waals surface area contributed by atoms with Crippen LogP contribution in [0, 0.1) is 0 Å². The lowest BCUT2D eigenvalue weighted by Gasteiger charge is -2.12. The fraction of sp³-hybridized carbons (Fsp3) is 0. The third-order valence-electron chi connectivity index (χ3n) is 9.29. The summed E-state index contributed by atoms with van der Waals surface area (Å²) < 4.78 is 9.09. The Hall–Kier alpha value is -6.59. The fourth-order valence-corrected chi connectivity index (χ4v) is 7.19. The Morgan fingerprint density at radius 3 is 1.71 bits per heavy atom. The number of fused-ring (bicyclic) bond motifs is 10.